The van der Waals surface area contributed by atoms with Gasteiger partial charge in [-0.15, -0.1) is 6.58 Å². The summed E-state index contributed by atoms with van der Waals surface area (Å²) in [7, 11) is -1.27. The fraction of sp³-hybridized carbons (Fsp3) is 0.833. The Bertz CT molecular complexity index is 196. The summed E-state index contributed by atoms with van der Waals surface area (Å²) in [5, 5.41) is 1.50. The van der Waals surface area contributed by atoms with Crippen LogP contribution in [0, 0.1) is 0 Å². The normalized spacial score (nSPS) is 22.2. The first kappa shape index (κ1) is 12.0. The van der Waals surface area contributed by atoms with E-state index < -0.39 is 8.24 Å². The molecule has 2 heteroatoms. The standard InChI is InChI=1S/C12H25NSi/c1-5-11-14(6-2,12(3)4)13-9-7-8-10-13/h3,5-11H2,1-2,4H3. The second kappa shape index (κ2) is 5.13. The third-order valence-corrected chi connectivity index (χ3v) is 9.50. The summed E-state index contributed by atoms with van der Waals surface area (Å²) in [6.07, 6.45) is 4.14. The maximum atomic E-state index is 4.28. The van der Waals surface area contributed by atoms with Crippen molar-refractivity contribution in [1.82, 2.24) is 4.57 Å². The van der Waals surface area contributed by atoms with Crippen LogP contribution in [-0.2, 0) is 0 Å². The van der Waals surface area contributed by atoms with Gasteiger partial charge >= 0.3 is 0 Å². The summed E-state index contributed by atoms with van der Waals surface area (Å²) < 4.78 is 2.80. The lowest BCUT2D eigenvalue weighted by molar-refractivity contribution is 0.511. The van der Waals surface area contributed by atoms with Gasteiger partial charge in [0.25, 0.3) is 0 Å². The largest absolute Gasteiger partial charge is 0.320 e. The molecule has 1 aliphatic heterocycles. The van der Waals surface area contributed by atoms with E-state index in [1.54, 1.807) is 0 Å². The second-order valence-electron chi connectivity index (χ2n) is 4.61. The lowest BCUT2D eigenvalue weighted by atomic mass is 10.4. The first-order valence-corrected chi connectivity index (χ1v) is 8.44. The van der Waals surface area contributed by atoms with Crippen molar-refractivity contribution in [2.45, 2.75) is 52.1 Å². The van der Waals surface area contributed by atoms with Crippen molar-refractivity contribution in [3.8, 4) is 0 Å². The van der Waals surface area contributed by atoms with Gasteiger partial charge in [-0.3, -0.25) is 0 Å². The van der Waals surface area contributed by atoms with Crippen molar-refractivity contribution >= 4 is 8.24 Å². The summed E-state index contributed by atoms with van der Waals surface area (Å²) in [5.74, 6) is 0. The summed E-state index contributed by atoms with van der Waals surface area (Å²) >= 11 is 0. The van der Waals surface area contributed by atoms with E-state index in [1.807, 2.05) is 0 Å². The molecule has 0 aromatic rings. The van der Waals surface area contributed by atoms with E-state index in [0.717, 1.165) is 0 Å². The molecule has 14 heavy (non-hydrogen) atoms. The van der Waals surface area contributed by atoms with Crippen LogP contribution in [0.3, 0.4) is 0 Å². The van der Waals surface area contributed by atoms with Crippen molar-refractivity contribution in [1.29, 1.82) is 0 Å². The Morgan fingerprint density at radius 2 is 1.86 bits per heavy atom. The quantitative estimate of drug-likeness (QED) is 0.628. The monoisotopic (exact) mass is 211 g/mol. The smallest absolute Gasteiger partial charge is 0.155 e. The molecule has 0 aromatic carbocycles. The first-order valence-electron chi connectivity index (χ1n) is 6.08. The van der Waals surface area contributed by atoms with Crippen LogP contribution in [0.2, 0.25) is 12.1 Å². The predicted molar refractivity (Wildman–Crippen MR) is 67.0 cm³/mol. The van der Waals surface area contributed by atoms with Gasteiger partial charge in [-0.05, 0) is 44.9 Å². The molecule has 1 saturated heterocycles. The average molecular weight is 211 g/mol. The van der Waals surface area contributed by atoms with Crippen molar-refractivity contribution in [3.05, 3.63) is 11.8 Å². The van der Waals surface area contributed by atoms with Crippen molar-refractivity contribution in [2.24, 2.45) is 0 Å². The molecule has 1 heterocycles. The molecule has 0 amide bonds. The molecule has 0 aromatic heterocycles. The summed E-state index contributed by atoms with van der Waals surface area (Å²) in [5.41, 5.74) is 0. The molecule has 0 N–H and O–H groups in total. The third-order valence-electron chi connectivity index (χ3n) is 3.75. The fourth-order valence-electron chi connectivity index (χ4n) is 2.90. The first-order chi connectivity index (χ1) is 6.67. The average Bonchev–Trinajstić information content (AvgIpc) is 2.66. The lowest BCUT2D eigenvalue weighted by Crippen LogP contribution is -2.52. The molecule has 0 spiro atoms. The van der Waals surface area contributed by atoms with Crippen LogP contribution < -0.4 is 0 Å². The van der Waals surface area contributed by atoms with E-state index in [-0.39, 0.29) is 0 Å². The highest BCUT2D eigenvalue weighted by molar-refractivity contribution is 6.83. The van der Waals surface area contributed by atoms with Gasteiger partial charge in [0.1, 0.15) is 0 Å². The third kappa shape index (κ3) is 2.11. The lowest BCUT2D eigenvalue weighted by Gasteiger charge is -2.40. The highest BCUT2D eigenvalue weighted by Crippen LogP contribution is 2.31. The SMILES string of the molecule is C=C(C)[Si](CC)(CCC)N1CCCC1. The van der Waals surface area contributed by atoms with E-state index in [2.05, 4.69) is 31.9 Å². The minimum Gasteiger partial charge on any atom is -0.320 e. The molecule has 1 unspecified atom stereocenters. The Morgan fingerprint density at radius 3 is 2.21 bits per heavy atom. The molecule has 82 valence electrons. The van der Waals surface area contributed by atoms with Gasteiger partial charge in [-0.1, -0.05) is 25.5 Å². The molecular weight excluding hydrogens is 186 g/mol. The summed E-state index contributed by atoms with van der Waals surface area (Å²) in [6, 6.07) is 2.77. The zero-order valence-corrected chi connectivity index (χ0v) is 11.1. The zero-order valence-electron chi connectivity index (χ0n) is 10.1. The Morgan fingerprint density at radius 1 is 1.29 bits per heavy atom. The van der Waals surface area contributed by atoms with Crippen LogP contribution >= 0.6 is 0 Å². The topological polar surface area (TPSA) is 3.24 Å². The van der Waals surface area contributed by atoms with Crippen LogP contribution in [0.5, 0.6) is 0 Å². The van der Waals surface area contributed by atoms with Gasteiger partial charge < -0.3 is 4.57 Å². The van der Waals surface area contributed by atoms with Crippen molar-refractivity contribution in [2.75, 3.05) is 13.1 Å². The highest BCUT2D eigenvalue weighted by Gasteiger charge is 2.38. The van der Waals surface area contributed by atoms with Gasteiger partial charge in [-0.2, -0.15) is 0 Å². The highest BCUT2D eigenvalue weighted by atomic mass is 28.3. The molecule has 1 nitrogen and oxygen atoms in total. The molecule has 0 radical (unpaired) electrons. The van der Waals surface area contributed by atoms with Crippen LogP contribution in [0.4, 0.5) is 0 Å². The van der Waals surface area contributed by atoms with Gasteiger partial charge in [0.15, 0.2) is 8.24 Å². The Labute approximate surface area is 90.3 Å². The molecule has 0 bridgehead atoms. The van der Waals surface area contributed by atoms with Gasteiger partial charge in [-0.25, -0.2) is 0 Å². The van der Waals surface area contributed by atoms with Gasteiger partial charge in [0.05, 0.1) is 0 Å². The van der Waals surface area contributed by atoms with Crippen LogP contribution in [-0.4, -0.2) is 25.9 Å². The minimum absolute atomic E-state index is 1.27. The van der Waals surface area contributed by atoms with Crippen LogP contribution in [0.15, 0.2) is 11.8 Å². The Balaban J connectivity index is 2.81. The maximum absolute atomic E-state index is 4.28. The Hall–Kier alpha value is -0.0831. The number of nitrogens with zero attached hydrogens (tertiary/aromatic N) is 1. The molecule has 1 rings (SSSR count). The molecule has 0 aliphatic carbocycles. The second-order valence-corrected chi connectivity index (χ2v) is 9.37. The molecule has 1 fully saturated rings. The van der Waals surface area contributed by atoms with Crippen LogP contribution in [0.1, 0.15) is 40.0 Å². The van der Waals surface area contributed by atoms with E-state index in [0.29, 0.717) is 0 Å². The molecule has 0 saturated carbocycles. The minimum atomic E-state index is -1.27. The van der Waals surface area contributed by atoms with Crippen molar-refractivity contribution < 1.29 is 0 Å². The predicted octanol–water partition coefficient (Wildman–Crippen LogP) is 3.57. The number of hydrogen-bond acceptors (Lipinski definition) is 1. The summed E-state index contributed by atoms with van der Waals surface area (Å²) in [6.45, 7) is 13.9. The van der Waals surface area contributed by atoms with Gasteiger partial charge in [0.2, 0.25) is 0 Å². The molecule has 1 aliphatic rings. The summed E-state index contributed by atoms with van der Waals surface area (Å²) in [4.78, 5) is 0. The van der Waals surface area contributed by atoms with E-state index in [4.69, 9.17) is 0 Å². The number of rotatable bonds is 5. The van der Waals surface area contributed by atoms with E-state index >= 15 is 0 Å². The zero-order chi connectivity index (χ0) is 10.6. The maximum Gasteiger partial charge on any atom is 0.155 e. The number of hydrogen-bond donors (Lipinski definition) is 0. The van der Waals surface area contributed by atoms with E-state index in [9.17, 15) is 0 Å². The van der Waals surface area contributed by atoms with Crippen LogP contribution in [0.25, 0.3) is 0 Å². The van der Waals surface area contributed by atoms with Crippen molar-refractivity contribution in [3.63, 3.8) is 0 Å². The van der Waals surface area contributed by atoms with E-state index in [1.165, 1.54) is 49.6 Å². The molecular formula is C12H25NSi. The van der Waals surface area contributed by atoms with Gasteiger partial charge in [0, 0.05) is 0 Å². The Kier molecular flexibility index (Phi) is 4.39. The fourth-order valence-corrected chi connectivity index (χ4v) is 7.59. The molecule has 1 atom stereocenters. The number of allylic oxidation sites excluding steroid dienone is 1.